The molecule has 0 aliphatic carbocycles. The van der Waals surface area contributed by atoms with E-state index in [0.717, 1.165) is 0 Å². The molecule has 0 amide bonds. The first-order valence-corrected chi connectivity index (χ1v) is 5.19. The summed E-state index contributed by atoms with van der Waals surface area (Å²) in [5.41, 5.74) is 0. The first-order chi connectivity index (χ1) is 6.76. The summed E-state index contributed by atoms with van der Waals surface area (Å²) < 4.78 is 36.5. The van der Waals surface area contributed by atoms with E-state index in [0.29, 0.717) is 6.61 Å². The second-order valence-electron chi connectivity index (χ2n) is 3.06. The molecule has 7 heteroatoms. The van der Waals surface area contributed by atoms with Crippen LogP contribution in [-0.2, 0) is 33.9 Å². The lowest BCUT2D eigenvalue weighted by Crippen LogP contribution is -2.32. The van der Waals surface area contributed by atoms with E-state index >= 15 is 0 Å². The molecule has 2 aliphatic rings. The van der Waals surface area contributed by atoms with Crippen molar-refractivity contribution in [3.63, 3.8) is 0 Å². The minimum atomic E-state index is -1.69. The molecule has 2 rings (SSSR count). The molecule has 0 aromatic heterocycles. The lowest BCUT2D eigenvalue weighted by molar-refractivity contribution is -0.151. The Bertz CT molecular complexity index is 234. The molecule has 0 radical (unpaired) electrons. The van der Waals surface area contributed by atoms with Crippen LogP contribution in [0.25, 0.3) is 0 Å². The maximum Gasteiger partial charge on any atom is 0.305 e. The maximum atomic E-state index is 11.0. The Balaban J connectivity index is 2.06. The zero-order valence-corrected chi connectivity index (χ0v) is 8.69. The molecule has 2 fully saturated rings. The van der Waals surface area contributed by atoms with Gasteiger partial charge < -0.3 is 14.2 Å². The molecule has 2 aliphatic heterocycles. The molecule has 0 aromatic carbocycles. The van der Waals surface area contributed by atoms with E-state index < -0.39 is 23.8 Å². The average molecular weight is 224 g/mol. The molecule has 5 atom stereocenters. The lowest BCUT2D eigenvalue weighted by atomic mass is 10.1. The first kappa shape index (κ1) is 10.5. The van der Waals surface area contributed by atoms with Crippen LogP contribution in [0.2, 0.25) is 0 Å². The van der Waals surface area contributed by atoms with Gasteiger partial charge in [0.2, 0.25) is 0 Å². The summed E-state index contributed by atoms with van der Waals surface area (Å²) in [5, 5.41) is 0. The third kappa shape index (κ3) is 1.71. The highest BCUT2D eigenvalue weighted by Gasteiger charge is 2.53. The smallest absolute Gasteiger partial charge is 0.305 e. The second-order valence-corrected chi connectivity index (χ2v) is 3.85. The SMILES string of the molecule is COC[C@H]1O[C@@H](OC)[C@@H]2OS(=O)O[C@@H]21. The van der Waals surface area contributed by atoms with Gasteiger partial charge in [-0.15, -0.1) is 0 Å². The zero-order valence-electron chi connectivity index (χ0n) is 7.87. The molecule has 2 saturated heterocycles. The van der Waals surface area contributed by atoms with Gasteiger partial charge in [-0.25, -0.2) is 0 Å². The highest BCUT2D eigenvalue weighted by molar-refractivity contribution is 7.75. The van der Waals surface area contributed by atoms with E-state index in [4.69, 9.17) is 22.6 Å². The zero-order chi connectivity index (χ0) is 10.1. The minimum Gasteiger partial charge on any atom is -0.382 e. The normalized spacial score (nSPS) is 46.9. The predicted molar refractivity (Wildman–Crippen MR) is 45.4 cm³/mol. The summed E-state index contributed by atoms with van der Waals surface area (Å²) in [6.07, 6.45) is -1.63. The van der Waals surface area contributed by atoms with Gasteiger partial charge in [-0.1, -0.05) is 0 Å². The number of rotatable bonds is 3. The fraction of sp³-hybridized carbons (Fsp3) is 1.00. The Kier molecular flexibility index (Phi) is 3.15. The number of ether oxygens (including phenoxy) is 3. The fourth-order valence-corrected chi connectivity index (χ4v) is 2.44. The Morgan fingerprint density at radius 3 is 2.64 bits per heavy atom. The standard InChI is InChI=1S/C7H12O6S/c1-9-3-4-5-6(7(10-2)11-4)13-14(8)12-5/h4-7H,3H2,1-2H3/t4-,5-,6-,7-,14?/m1/s1. The van der Waals surface area contributed by atoms with Crippen molar-refractivity contribution >= 4 is 11.4 Å². The van der Waals surface area contributed by atoms with E-state index in [-0.39, 0.29) is 12.2 Å². The molecule has 82 valence electrons. The van der Waals surface area contributed by atoms with E-state index in [1.54, 1.807) is 7.11 Å². The van der Waals surface area contributed by atoms with Crippen molar-refractivity contribution in [1.29, 1.82) is 0 Å². The van der Waals surface area contributed by atoms with Crippen LogP contribution in [0, 0.1) is 0 Å². The van der Waals surface area contributed by atoms with Gasteiger partial charge in [-0.3, -0.25) is 8.37 Å². The summed E-state index contributed by atoms with van der Waals surface area (Å²) in [7, 11) is 3.06. The maximum absolute atomic E-state index is 11.0. The van der Waals surface area contributed by atoms with Crippen LogP contribution >= 0.6 is 0 Å². The van der Waals surface area contributed by atoms with Crippen molar-refractivity contribution in [3.05, 3.63) is 0 Å². The van der Waals surface area contributed by atoms with Crippen molar-refractivity contribution in [2.24, 2.45) is 0 Å². The molecule has 14 heavy (non-hydrogen) atoms. The third-order valence-corrected chi connectivity index (χ3v) is 2.97. The molecule has 0 spiro atoms. The molecular weight excluding hydrogens is 212 g/mol. The Labute approximate surface area is 84.3 Å². The van der Waals surface area contributed by atoms with Gasteiger partial charge in [0.1, 0.15) is 12.2 Å². The molecule has 0 bridgehead atoms. The quantitative estimate of drug-likeness (QED) is 0.636. The third-order valence-electron chi connectivity index (χ3n) is 2.21. The molecule has 0 N–H and O–H groups in total. The van der Waals surface area contributed by atoms with Crippen molar-refractivity contribution in [2.75, 3.05) is 20.8 Å². The summed E-state index contributed by atoms with van der Waals surface area (Å²) in [6.45, 7) is 0.363. The number of hydrogen-bond acceptors (Lipinski definition) is 6. The topological polar surface area (TPSA) is 63.2 Å². The van der Waals surface area contributed by atoms with Gasteiger partial charge in [0.05, 0.1) is 6.61 Å². The van der Waals surface area contributed by atoms with Crippen molar-refractivity contribution in [1.82, 2.24) is 0 Å². The van der Waals surface area contributed by atoms with Crippen LogP contribution in [0.5, 0.6) is 0 Å². The van der Waals surface area contributed by atoms with Gasteiger partial charge in [0.15, 0.2) is 12.4 Å². The van der Waals surface area contributed by atoms with Crippen LogP contribution in [-0.4, -0.2) is 49.6 Å². The monoisotopic (exact) mass is 224 g/mol. The fourth-order valence-electron chi connectivity index (χ4n) is 1.60. The van der Waals surface area contributed by atoms with Gasteiger partial charge in [-0.05, 0) is 0 Å². The number of fused-ring (bicyclic) bond motifs is 1. The van der Waals surface area contributed by atoms with Crippen LogP contribution in [0.15, 0.2) is 0 Å². The van der Waals surface area contributed by atoms with E-state index in [2.05, 4.69) is 0 Å². The predicted octanol–water partition coefficient (Wildman–Crippen LogP) is -0.633. The summed E-state index contributed by atoms with van der Waals surface area (Å²) in [4.78, 5) is 0. The summed E-state index contributed by atoms with van der Waals surface area (Å²) in [5.74, 6) is 0. The molecule has 2 heterocycles. The van der Waals surface area contributed by atoms with Gasteiger partial charge >= 0.3 is 11.4 Å². The Morgan fingerprint density at radius 1 is 1.29 bits per heavy atom. The van der Waals surface area contributed by atoms with E-state index in [1.165, 1.54) is 7.11 Å². The number of methoxy groups -OCH3 is 2. The van der Waals surface area contributed by atoms with Crippen molar-refractivity contribution in [3.8, 4) is 0 Å². The average Bonchev–Trinajstić information content (AvgIpc) is 2.66. The van der Waals surface area contributed by atoms with Crippen molar-refractivity contribution in [2.45, 2.75) is 24.6 Å². The highest BCUT2D eigenvalue weighted by atomic mass is 32.2. The van der Waals surface area contributed by atoms with Gasteiger partial charge in [-0.2, -0.15) is 4.21 Å². The van der Waals surface area contributed by atoms with Crippen LogP contribution in [0.1, 0.15) is 0 Å². The summed E-state index contributed by atoms with van der Waals surface area (Å²) >= 11 is -1.69. The van der Waals surface area contributed by atoms with Crippen LogP contribution < -0.4 is 0 Å². The highest BCUT2D eigenvalue weighted by Crippen LogP contribution is 2.33. The molecular formula is C7H12O6S. The largest absolute Gasteiger partial charge is 0.382 e. The Morgan fingerprint density at radius 2 is 2.00 bits per heavy atom. The second kappa shape index (κ2) is 4.21. The summed E-state index contributed by atoms with van der Waals surface area (Å²) in [6, 6.07) is 0. The van der Waals surface area contributed by atoms with E-state index in [9.17, 15) is 4.21 Å². The molecule has 0 aromatic rings. The first-order valence-electron chi connectivity index (χ1n) is 4.19. The van der Waals surface area contributed by atoms with Crippen LogP contribution in [0.4, 0.5) is 0 Å². The van der Waals surface area contributed by atoms with Gasteiger partial charge in [0.25, 0.3) is 0 Å². The minimum absolute atomic E-state index is 0.290. The van der Waals surface area contributed by atoms with E-state index in [1.807, 2.05) is 0 Å². The molecule has 0 saturated carbocycles. The van der Waals surface area contributed by atoms with Crippen LogP contribution in [0.3, 0.4) is 0 Å². The number of hydrogen-bond donors (Lipinski definition) is 0. The van der Waals surface area contributed by atoms with Gasteiger partial charge in [0, 0.05) is 14.2 Å². The Hall–Kier alpha value is -0.0500. The molecule has 6 nitrogen and oxygen atoms in total. The lowest BCUT2D eigenvalue weighted by Gasteiger charge is -2.13. The molecule has 1 unspecified atom stereocenters. The van der Waals surface area contributed by atoms with Crippen molar-refractivity contribution < 1.29 is 26.8 Å².